The molecule has 0 amide bonds. The molecule has 2 aromatic rings. The second-order valence-electron chi connectivity index (χ2n) is 5.24. The van der Waals surface area contributed by atoms with Gasteiger partial charge in [-0.3, -0.25) is 4.79 Å². The Morgan fingerprint density at radius 2 is 1.48 bits per heavy atom. The summed E-state index contributed by atoms with van der Waals surface area (Å²) in [5.41, 5.74) is 2.75. The normalized spacial score (nSPS) is 10.6. The van der Waals surface area contributed by atoms with Crippen LogP contribution in [0, 0.1) is 4.91 Å². The maximum Gasteiger partial charge on any atom is 0.302 e. The highest BCUT2D eigenvalue weighted by Crippen LogP contribution is 2.23. The van der Waals surface area contributed by atoms with Gasteiger partial charge in [0.05, 0.1) is 17.9 Å². The summed E-state index contributed by atoms with van der Waals surface area (Å²) in [5, 5.41) is 11.1. The van der Waals surface area contributed by atoms with Crippen molar-refractivity contribution in [2.45, 2.75) is 13.8 Å². The minimum absolute atomic E-state index is 0.274. The number of carbonyl (C=O) groups is 1. The van der Waals surface area contributed by atoms with Crippen molar-refractivity contribution in [2.75, 3.05) is 24.6 Å². The van der Waals surface area contributed by atoms with Gasteiger partial charge in [0, 0.05) is 19.2 Å². The second kappa shape index (κ2) is 9.27. The van der Waals surface area contributed by atoms with Crippen LogP contribution in [0.3, 0.4) is 0 Å². The monoisotopic (exact) mass is 340 g/mol. The van der Waals surface area contributed by atoms with Gasteiger partial charge in [-0.05, 0) is 60.6 Å². The zero-order chi connectivity index (χ0) is 18.1. The summed E-state index contributed by atoms with van der Waals surface area (Å²) in [4.78, 5) is 23.3. The lowest BCUT2D eigenvalue weighted by atomic mass is 10.2. The Morgan fingerprint density at radius 3 is 1.96 bits per heavy atom. The molecule has 0 aliphatic heterocycles. The lowest BCUT2D eigenvalue weighted by molar-refractivity contribution is -0.140. The van der Waals surface area contributed by atoms with E-state index in [4.69, 9.17) is 4.74 Å². The fourth-order valence-corrected chi connectivity index (χ4v) is 2.20. The molecule has 130 valence electrons. The van der Waals surface area contributed by atoms with Crippen molar-refractivity contribution in [3.63, 3.8) is 0 Å². The molecule has 0 unspecified atom stereocenters. The number of likely N-dealkylation sites (N-methyl/N-ethyl adjacent to an activating group) is 1. The quantitative estimate of drug-likeness (QED) is 0.389. The summed E-state index contributed by atoms with van der Waals surface area (Å²) in [6.45, 7) is 5.24. The first-order chi connectivity index (χ1) is 12.1. The van der Waals surface area contributed by atoms with Gasteiger partial charge in [-0.1, -0.05) is 0 Å². The van der Waals surface area contributed by atoms with Gasteiger partial charge in [0.15, 0.2) is 0 Å². The Labute approximate surface area is 146 Å². The molecular formula is C18H20N4O3. The van der Waals surface area contributed by atoms with Crippen molar-refractivity contribution in [3.05, 3.63) is 53.4 Å². The van der Waals surface area contributed by atoms with Crippen LogP contribution in [-0.4, -0.2) is 25.7 Å². The van der Waals surface area contributed by atoms with Crippen LogP contribution in [0.4, 0.5) is 22.7 Å². The SMILES string of the molecule is CCN(CCOC(C)=O)c1ccc(N=Nc2ccc(N=O)cc2)cc1. The highest BCUT2D eigenvalue weighted by molar-refractivity contribution is 5.66. The number of rotatable bonds is 8. The summed E-state index contributed by atoms with van der Waals surface area (Å²) in [7, 11) is 0. The smallest absolute Gasteiger partial charge is 0.302 e. The van der Waals surface area contributed by atoms with E-state index in [1.54, 1.807) is 24.3 Å². The van der Waals surface area contributed by atoms with E-state index in [1.165, 1.54) is 6.92 Å². The van der Waals surface area contributed by atoms with Crippen LogP contribution in [0.5, 0.6) is 0 Å². The lowest BCUT2D eigenvalue weighted by Gasteiger charge is -2.22. The first-order valence-corrected chi connectivity index (χ1v) is 7.96. The van der Waals surface area contributed by atoms with Gasteiger partial charge in [-0.15, -0.1) is 4.91 Å². The van der Waals surface area contributed by atoms with Crippen LogP contribution < -0.4 is 4.90 Å². The molecule has 0 radical (unpaired) electrons. The first kappa shape index (κ1) is 18.3. The van der Waals surface area contributed by atoms with E-state index in [0.717, 1.165) is 17.9 Å². The topological polar surface area (TPSA) is 83.7 Å². The molecule has 0 spiro atoms. The molecular weight excluding hydrogens is 320 g/mol. The fourth-order valence-electron chi connectivity index (χ4n) is 2.20. The Morgan fingerprint density at radius 1 is 0.960 bits per heavy atom. The average Bonchev–Trinajstić information content (AvgIpc) is 2.64. The molecule has 0 aliphatic carbocycles. The molecule has 0 atom stereocenters. The summed E-state index contributed by atoms with van der Waals surface area (Å²) < 4.78 is 4.98. The molecule has 0 aliphatic rings. The van der Waals surface area contributed by atoms with Crippen molar-refractivity contribution in [2.24, 2.45) is 15.4 Å². The number of anilines is 1. The Bertz CT molecular complexity index is 727. The number of benzene rings is 2. The van der Waals surface area contributed by atoms with Gasteiger partial charge in [-0.2, -0.15) is 10.2 Å². The zero-order valence-electron chi connectivity index (χ0n) is 14.3. The average molecular weight is 340 g/mol. The zero-order valence-corrected chi connectivity index (χ0v) is 14.3. The molecule has 2 aromatic carbocycles. The first-order valence-electron chi connectivity index (χ1n) is 7.96. The lowest BCUT2D eigenvalue weighted by Crippen LogP contribution is -2.27. The molecule has 2 rings (SSSR count). The van der Waals surface area contributed by atoms with E-state index in [9.17, 15) is 9.70 Å². The summed E-state index contributed by atoms with van der Waals surface area (Å²) in [5.74, 6) is -0.274. The van der Waals surface area contributed by atoms with Gasteiger partial charge < -0.3 is 9.64 Å². The van der Waals surface area contributed by atoms with Gasteiger partial charge in [0.1, 0.15) is 12.3 Å². The van der Waals surface area contributed by atoms with Crippen LogP contribution in [0.2, 0.25) is 0 Å². The maximum atomic E-state index is 10.8. The minimum atomic E-state index is -0.274. The molecule has 0 bridgehead atoms. The molecule has 7 nitrogen and oxygen atoms in total. The van der Waals surface area contributed by atoms with Gasteiger partial charge in [0.2, 0.25) is 0 Å². The van der Waals surface area contributed by atoms with E-state index in [1.807, 2.05) is 31.2 Å². The number of nitroso groups, excluding NO2 is 1. The summed E-state index contributed by atoms with van der Waals surface area (Å²) >= 11 is 0. The largest absolute Gasteiger partial charge is 0.464 e. The Hall–Kier alpha value is -3.09. The van der Waals surface area contributed by atoms with Gasteiger partial charge in [0.25, 0.3) is 0 Å². The van der Waals surface area contributed by atoms with Crippen LogP contribution in [-0.2, 0) is 9.53 Å². The van der Waals surface area contributed by atoms with E-state index in [-0.39, 0.29) is 5.97 Å². The van der Waals surface area contributed by atoms with Crippen molar-refractivity contribution >= 4 is 28.7 Å². The Kier molecular flexibility index (Phi) is 6.76. The highest BCUT2D eigenvalue weighted by atomic mass is 16.5. The van der Waals surface area contributed by atoms with Crippen molar-refractivity contribution in [1.29, 1.82) is 0 Å². The molecule has 0 fully saturated rings. The maximum absolute atomic E-state index is 10.8. The third-order valence-corrected chi connectivity index (χ3v) is 3.50. The predicted octanol–water partition coefficient (Wildman–Crippen LogP) is 4.89. The van der Waals surface area contributed by atoms with E-state index in [0.29, 0.717) is 24.5 Å². The number of hydrogen-bond acceptors (Lipinski definition) is 7. The van der Waals surface area contributed by atoms with Crippen LogP contribution in [0.15, 0.2) is 63.9 Å². The summed E-state index contributed by atoms with van der Waals surface area (Å²) in [6, 6.07) is 14.2. The fraction of sp³-hybridized carbons (Fsp3) is 0.278. The number of ether oxygens (including phenoxy) is 1. The van der Waals surface area contributed by atoms with E-state index in [2.05, 4.69) is 20.3 Å². The molecule has 0 saturated carbocycles. The predicted molar refractivity (Wildman–Crippen MR) is 97.0 cm³/mol. The number of hydrogen-bond donors (Lipinski definition) is 0. The van der Waals surface area contributed by atoms with Crippen molar-refractivity contribution in [3.8, 4) is 0 Å². The van der Waals surface area contributed by atoms with Crippen LogP contribution in [0.1, 0.15) is 13.8 Å². The number of carbonyl (C=O) groups excluding carboxylic acids is 1. The number of azo groups is 1. The van der Waals surface area contributed by atoms with Gasteiger partial charge >= 0.3 is 5.97 Å². The van der Waals surface area contributed by atoms with Crippen molar-refractivity contribution in [1.82, 2.24) is 0 Å². The molecule has 25 heavy (non-hydrogen) atoms. The molecule has 7 heteroatoms. The van der Waals surface area contributed by atoms with Gasteiger partial charge in [-0.25, -0.2) is 0 Å². The standard InChI is InChI=1S/C18H20N4O3/c1-3-22(12-13-25-14(2)23)18-10-8-16(9-11-18)20-19-15-4-6-17(21-24)7-5-15/h4-11H,3,12-13H2,1-2H3. The minimum Gasteiger partial charge on any atom is -0.464 e. The van der Waals surface area contributed by atoms with E-state index >= 15 is 0 Å². The number of nitrogens with zero attached hydrogens (tertiary/aromatic N) is 4. The highest BCUT2D eigenvalue weighted by Gasteiger charge is 2.05. The molecule has 0 aromatic heterocycles. The Balaban J connectivity index is 1.98. The van der Waals surface area contributed by atoms with E-state index < -0.39 is 0 Å². The third-order valence-electron chi connectivity index (χ3n) is 3.50. The molecule has 0 N–H and O–H groups in total. The van der Waals surface area contributed by atoms with Crippen LogP contribution in [0.25, 0.3) is 0 Å². The third kappa shape index (κ3) is 5.80. The number of esters is 1. The summed E-state index contributed by atoms with van der Waals surface area (Å²) in [6.07, 6.45) is 0. The van der Waals surface area contributed by atoms with Crippen molar-refractivity contribution < 1.29 is 9.53 Å². The second-order valence-corrected chi connectivity index (χ2v) is 5.24. The molecule has 0 heterocycles. The van der Waals surface area contributed by atoms with Crippen LogP contribution >= 0.6 is 0 Å². The molecule has 0 saturated heterocycles.